The van der Waals surface area contributed by atoms with Crippen LogP contribution in [0.4, 0.5) is 0 Å². The zero-order chi connectivity index (χ0) is 20.5. The number of esters is 1. The van der Waals surface area contributed by atoms with Gasteiger partial charge in [0.1, 0.15) is 11.3 Å². The maximum Gasteiger partial charge on any atom is 0.344 e. The molecule has 6 heteroatoms. The van der Waals surface area contributed by atoms with Crippen LogP contribution in [-0.2, 0) is 0 Å². The minimum absolute atomic E-state index is 0.359. The molecule has 0 amide bonds. The molecule has 144 valence electrons. The Bertz CT molecular complexity index is 1290. The quantitative estimate of drug-likeness (QED) is 0.198. The molecule has 1 heterocycles. The van der Waals surface area contributed by atoms with Crippen LogP contribution in [0.3, 0.4) is 0 Å². The van der Waals surface area contributed by atoms with E-state index in [4.69, 9.17) is 20.8 Å². The van der Waals surface area contributed by atoms with E-state index >= 15 is 0 Å². The molecule has 0 fully saturated rings. The second-order valence-electron chi connectivity index (χ2n) is 6.42. The van der Waals surface area contributed by atoms with Crippen molar-refractivity contribution in [2.24, 2.45) is 0 Å². The van der Waals surface area contributed by atoms with Crippen molar-refractivity contribution >= 4 is 44.5 Å². The first-order valence-electron chi connectivity index (χ1n) is 8.74. The average molecular weight is 470 g/mol. The largest absolute Gasteiger partial charge is 0.423 e. The van der Waals surface area contributed by atoms with Gasteiger partial charge in [0.05, 0.1) is 11.1 Å². The van der Waals surface area contributed by atoms with Crippen LogP contribution in [0.5, 0.6) is 5.75 Å². The number of fused-ring (bicyclic) bond motifs is 1. The minimum Gasteiger partial charge on any atom is -0.423 e. The Hall–Kier alpha value is -2.89. The third kappa shape index (κ3) is 3.84. The number of carbonyl (C=O) groups is 1. The molecule has 0 saturated carbocycles. The fourth-order valence-electron chi connectivity index (χ4n) is 3.13. The molecular weight excluding hydrogens is 456 g/mol. The highest BCUT2D eigenvalue weighted by Gasteiger charge is 2.16. The molecule has 0 bridgehead atoms. The Morgan fingerprint density at radius 1 is 1.03 bits per heavy atom. The van der Waals surface area contributed by atoms with E-state index in [2.05, 4.69) is 15.9 Å². The Balaban J connectivity index is 1.77. The number of hydrogen-bond acceptors (Lipinski definition) is 4. The molecule has 3 aromatic carbocycles. The zero-order valence-corrected chi connectivity index (χ0v) is 17.6. The van der Waals surface area contributed by atoms with Crippen molar-refractivity contribution in [3.05, 3.63) is 97.8 Å². The van der Waals surface area contributed by atoms with Gasteiger partial charge in [-0.25, -0.2) is 9.59 Å². The molecule has 0 radical (unpaired) electrons. The molecule has 0 aliphatic rings. The highest BCUT2D eigenvalue weighted by Crippen LogP contribution is 2.30. The van der Waals surface area contributed by atoms with E-state index < -0.39 is 11.6 Å². The van der Waals surface area contributed by atoms with Gasteiger partial charge >= 0.3 is 11.6 Å². The Kier molecular flexibility index (Phi) is 5.26. The number of carbonyl (C=O) groups excluding carboxylic acids is 1. The second-order valence-corrected chi connectivity index (χ2v) is 7.71. The van der Waals surface area contributed by atoms with Gasteiger partial charge in [0, 0.05) is 14.9 Å². The van der Waals surface area contributed by atoms with Crippen LogP contribution in [0.25, 0.3) is 22.1 Å². The molecule has 0 N–H and O–H groups in total. The molecule has 4 rings (SSSR count). The van der Waals surface area contributed by atoms with E-state index in [1.54, 1.807) is 60.7 Å². The normalized spacial score (nSPS) is 10.9. The van der Waals surface area contributed by atoms with Crippen molar-refractivity contribution in [1.82, 2.24) is 0 Å². The van der Waals surface area contributed by atoms with E-state index in [0.29, 0.717) is 42.9 Å². The molecule has 4 nitrogen and oxygen atoms in total. The van der Waals surface area contributed by atoms with E-state index in [1.807, 2.05) is 13.0 Å². The first-order valence-corrected chi connectivity index (χ1v) is 9.91. The summed E-state index contributed by atoms with van der Waals surface area (Å²) in [5.74, 6) is -0.123. The SMILES string of the molecule is Cc1c(-c2ccc(Cl)cc2)c(=O)oc2ccc(OC(=O)c3ccccc3Br)cc12. The zero-order valence-electron chi connectivity index (χ0n) is 15.2. The van der Waals surface area contributed by atoms with Crippen molar-refractivity contribution < 1.29 is 13.9 Å². The second kappa shape index (κ2) is 7.85. The van der Waals surface area contributed by atoms with Crippen LogP contribution in [0, 0.1) is 6.92 Å². The van der Waals surface area contributed by atoms with E-state index in [9.17, 15) is 9.59 Å². The average Bonchev–Trinajstić information content (AvgIpc) is 2.70. The predicted octanol–water partition coefficient (Wildman–Crippen LogP) is 6.40. The molecule has 4 aromatic rings. The van der Waals surface area contributed by atoms with Gasteiger partial charge in [-0.2, -0.15) is 0 Å². The highest BCUT2D eigenvalue weighted by atomic mass is 79.9. The summed E-state index contributed by atoms with van der Waals surface area (Å²) >= 11 is 9.30. The molecule has 0 atom stereocenters. The summed E-state index contributed by atoms with van der Waals surface area (Å²) in [7, 11) is 0. The van der Waals surface area contributed by atoms with Gasteiger partial charge in [-0.05, 0) is 76.4 Å². The fourth-order valence-corrected chi connectivity index (χ4v) is 3.71. The number of rotatable bonds is 3. The van der Waals surface area contributed by atoms with Crippen LogP contribution >= 0.6 is 27.5 Å². The van der Waals surface area contributed by atoms with Gasteiger partial charge in [0.2, 0.25) is 0 Å². The summed E-state index contributed by atoms with van der Waals surface area (Å²) in [6.07, 6.45) is 0. The standard InChI is InChI=1S/C23H14BrClO4/c1-13-18-12-16(28-22(26)17-4-2-3-5-19(17)24)10-11-20(18)29-23(27)21(13)14-6-8-15(25)9-7-14/h2-12H,1H3. The van der Waals surface area contributed by atoms with Gasteiger partial charge in [0.25, 0.3) is 0 Å². The van der Waals surface area contributed by atoms with Crippen molar-refractivity contribution in [3.8, 4) is 16.9 Å². The fraction of sp³-hybridized carbons (Fsp3) is 0.0435. The molecule has 29 heavy (non-hydrogen) atoms. The maximum absolute atomic E-state index is 12.5. The van der Waals surface area contributed by atoms with Crippen LogP contribution in [0.15, 0.2) is 80.4 Å². The lowest BCUT2D eigenvalue weighted by Crippen LogP contribution is -2.09. The van der Waals surface area contributed by atoms with Crippen LogP contribution < -0.4 is 10.4 Å². The van der Waals surface area contributed by atoms with Gasteiger partial charge in [-0.1, -0.05) is 35.9 Å². The van der Waals surface area contributed by atoms with E-state index in [0.717, 1.165) is 5.56 Å². The predicted molar refractivity (Wildman–Crippen MR) is 117 cm³/mol. The van der Waals surface area contributed by atoms with Crippen LogP contribution in [-0.4, -0.2) is 5.97 Å². The number of halogens is 2. The topological polar surface area (TPSA) is 56.5 Å². The summed E-state index contributed by atoms with van der Waals surface area (Å²) in [4.78, 5) is 25.0. The maximum atomic E-state index is 12.5. The molecular formula is C23H14BrClO4. The lowest BCUT2D eigenvalue weighted by atomic mass is 9.99. The summed E-state index contributed by atoms with van der Waals surface area (Å²) in [6.45, 7) is 1.84. The van der Waals surface area contributed by atoms with E-state index in [-0.39, 0.29) is 0 Å². The summed E-state index contributed by atoms with van der Waals surface area (Å²) in [6, 6.07) is 18.9. The van der Waals surface area contributed by atoms with Crippen molar-refractivity contribution in [3.63, 3.8) is 0 Å². The van der Waals surface area contributed by atoms with Crippen LogP contribution in [0.2, 0.25) is 5.02 Å². The van der Waals surface area contributed by atoms with E-state index in [1.165, 1.54) is 0 Å². The van der Waals surface area contributed by atoms with Crippen molar-refractivity contribution in [2.75, 3.05) is 0 Å². The third-order valence-electron chi connectivity index (χ3n) is 4.57. The van der Waals surface area contributed by atoms with Crippen molar-refractivity contribution in [2.45, 2.75) is 6.92 Å². The summed E-state index contributed by atoms with van der Waals surface area (Å²) in [5.41, 5.74) is 2.30. The minimum atomic E-state index is -0.482. The number of hydrogen-bond donors (Lipinski definition) is 0. The van der Waals surface area contributed by atoms with Crippen LogP contribution in [0.1, 0.15) is 15.9 Å². The van der Waals surface area contributed by atoms with Crippen molar-refractivity contribution in [1.29, 1.82) is 0 Å². The lowest BCUT2D eigenvalue weighted by molar-refractivity contribution is 0.0734. The van der Waals surface area contributed by atoms with Gasteiger partial charge in [-0.3, -0.25) is 0 Å². The highest BCUT2D eigenvalue weighted by molar-refractivity contribution is 9.10. The van der Waals surface area contributed by atoms with Gasteiger partial charge < -0.3 is 9.15 Å². The lowest BCUT2D eigenvalue weighted by Gasteiger charge is -2.10. The van der Waals surface area contributed by atoms with Gasteiger partial charge in [-0.15, -0.1) is 0 Å². The third-order valence-corrected chi connectivity index (χ3v) is 5.52. The number of ether oxygens (including phenoxy) is 1. The van der Waals surface area contributed by atoms with Gasteiger partial charge in [0.15, 0.2) is 0 Å². The molecule has 0 spiro atoms. The molecule has 0 unspecified atom stereocenters. The first-order chi connectivity index (χ1) is 13.9. The molecule has 1 aromatic heterocycles. The smallest absolute Gasteiger partial charge is 0.344 e. The Morgan fingerprint density at radius 3 is 2.48 bits per heavy atom. The molecule has 0 saturated heterocycles. The number of benzene rings is 3. The number of aryl methyl sites for hydroxylation is 1. The summed E-state index contributed by atoms with van der Waals surface area (Å²) < 4.78 is 11.7. The Morgan fingerprint density at radius 2 is 1.76 bits per heavy atom. The monoisotopic (exact) mass is 468 g/mol. The summed E-state index contributed by atoms with van der Waals surface area (Å²) in [5, 5.41) is 1.27. The Labute approximate surface area is 179 Å². The first kappa shape index (κ1) is 19.4. The molecule has 0 aliphatic carbocycles. The molecule has 0 aliphatic heterocycles.